The number of hydrogen-bond acceptors (Lipinski definition) is 3. The predicted molar refractivity (Wildman–Crippen MR) is 102 cm³/mol. The monoisotopic (exact) mass is 372 g/mol. The van der Waals surface area contributed by atoms with Gasteiger partial charge >= 0.3 is 5.97 Å². The molecule has 0 heterocycles. The van der Waals surface area contributed by atoms with E-state index in [9.17, 15) is 19.4 Å². The van der Waals surface area contributed by atoms with Gasteiger partial charge in [-0.3, -0.25) is 4.79 Å². The Balaban J connectivity index is 2.05. The summed E-state index contributed by atoms with van der Waals surface area (Å²) < 4.78 is 20.1. The van der Waals surface area contributed by atoms with Gasteiger partial charge in [-0.05, 0) is 86.6 Å². The smallest absolute Gasteiger partial charge is 0.311 e. The second-order valence-electron chi connectivity index (χ2n) is 7.95. The summed E-state index contributed by atoms with van der Waals surface area (Å²) in [5.74, 6) is -1.54. The fourth-order valence-electron chi connectivity index (χ4n) is 3.89. The third kappa shape index (κ3) is 3.83. The Labute approximate surface area is 158 Å². The van der Waals surface area contributed by atoms with Gasteiger partial charge in [-0.15, -0.1) is 0 Å². The van der Waals surface area contributed by atoms with E-state index in [1.807, 2.05) is 26.0 Å². The Morgan fingerprint density at radius 2 is 1.89 bits per heavy atom. The lowest BCUT2D eigenvalue weighted by atomic mass is 9.89. The van der Waals surface area contributed by atoms with Crippen LogP contribution in [0, 0.1) is 19.7 Å². The molecule has 3 rings (SSSR count). The SMILES string of the molecule is Cc1cc(OCC(C)(C)O)cc(C)c1-c1ccc(F)c2c1CC[C@H]2C(=O)O. The number of rotatable bonds is 5. The largest absolute Gasteiger partial charge is 0.491 e. The molecule has 2 N–H and O–H groups in total. The quantitative estimate of drug-likeness (QED) is 0.818. The normalized spacial score (nSPS) is 16.3. The van der Waals surface area contributed by atoms with Crippen molar-refractivity contribution < 1.29 is 24.1 Å². The van der Waals surface area contributed by atoms with Crippen LogP contribution in [0.5, 0.6) is 5.75 Å². The number of carbonyl (C=O) groups is 1. The van der Waals surface area contributed by atoms with Gasteiger partial charge in [0.2, 0.25) is 0 Å². The molecule has 144 valence electrons. The van der Waals surface area contributed by atoms with Crippen molar-refractivity contribution in [2.24, 2.45) is 0 Å². The Morgan fingerprint density at radius 3 is 2.44 bits per heavy atom. The maximum absolute atomic E-state index is 14.4. The van der Waals surface area contributed by atoms with Gasteiger partial charge < -0.3 is 14.9 Å². The molecule has 0 unspecified atom stereocenters. The van der Waals surface area contributed by atoms with Gasteiger partial charge in [0.15, 0.2) is 0 Å². The van der Waals surface area contributed by atoms with Crippen molar-refractivity contribution in [1.29, 1.82) is 0 Å². The van der Waals surface area contributed by atoms with Crippen LogP contribution in [0.4, 0.5) is 4.39 Å². The average Bonchev–Trinajstić information content (AvgIpc) is 3.00. The average molecular weight is 372 g/mol. The summed E-state index contributed by atoms with van der Waals surface area (Å²) in [6, 6.07) is 6.90. The number of benzene rings is 2. The summed E-state index contributed by atoms with van der Waals surface area (Å²) in [7, 11) is 0. The molecule has 5 heteroatoms. The first kappa shape index (κ1) is 19.4. The van der Waals surface area contributed by atoms with Crippen LogP contribution >= 0.6 is 0 Å². The second-order valence-corrected chi connectivity index (χ2v) is 7.95. The van der Waals surface area contributed by atoms with Crippen LogP contribution in [0.25, 0.3) is 11.1 Å². The Bertz CT molecular complexity index is 873. The summed E-state index contributed by atoms with van der Waals surface area (Å²) >= 11 is 0. The van der Waals surface area contributed by atoms with E-state index in [4.69, 9.17) is 4.74 Å². The van der Waals surface area contributed by atoms with Crippen molar-refractivity contribution in [1.82, 2.24) is 0 Å². The van der Waals surface area contributed by atoms with Gasteiger partial charge in [-0.25, -0.2) is 4.39 Å². The van der Waals surface area contributed by atoms with Gasteiger partial charge in [0.05, 0.1) is 11.5 Å². The number of aliphatic carboxylic acids is 1. The topological polar surface area (TPSA) is 66.8 Å². The maximum Gasteiger partial charge on any atom is 0.311 e. The standard InChI is InChI=1S/C22H25FO4/c1-12-9-14(27-11-22(3,4)26)10-13(2)19(12)15-7-8-18(23)20-16(15)5-6-17(20)21(24)25/h7-10,17,26H,5-6,11H2,1-4H3,(H,24,25)/t17-/m1/s1. The number of carboxylic acid groups (broad SMARTS) is 1. The number of halogens is 1. The summed E-state index contributed by atoms with van der Waals surface area (Å²) in [5, 5.41) is 19.3. The van der Waals surface area contributed by atoms with Crippen LogP contribution in [-0.4, -0.2) is 28.4 Å². The van der Waals surface area contributed by atoms with Gasteiger partial charge in [0.1, 0.15) is 18.2 Å². The van der Waals surface area contributed by atoms with Crippen LogP contribution in [0.3, 0.4) is 0 Å². The van der Waals surface area contributed by atoms with Crippen molar-refractivity contribution in [2.75, 3.05) is 6.61 Å². The molecule has 1 atom stereocenters. The van der Waals surface area contributed by atoms with E-state index in [0.717, 1.165) is 27.8 Å². The molecule has 27 heavy (non-hydrogen) atoms. The summed E-state index contributed by atoms with van der Waals surface area (Å²) in [6.45, 7) is 7.46. The van der Waals surface area contributed by atoms with E-state index in [1.165, 1.54) is 6.07 Å². The zero-order chi connectivity index (χ0) is 19.9. The van der Waals surface area contributed by atoms with Gasteiger partial charge in [-0.2, -0.15) is 0 Å². The Hall–Kier alpha value is -2.40. The number of fused-ring (bicyclic) bond motifs is 1. The molecule has 1 aliphatic carbocycles. The van der Waals surface area contributed by atoms with Gasteiger partial charge in [0.25, 0.3) is 0 Å². The van der Waals surface area contributed by atoms with E-state index < -0.39 is 23.3 Å². The third-order valence-corrected chi connectivity index (χ3v) is 5.00. The number of hydrogen-bond donors (Lipinski definition) is 2. The highest BCUT2D eigenvalue weighted by atomic mass is 19.1. The van der Waals surface area contributed by atoms with Crippen molar-refractivity contribution in [3.8, 4) is 16.9 Å². The van der Waals surface area contributed by atoms with E-state index in [1.54, 1.807) is 19.9 Å². The zero-order valence-corrected chi connectivity index (χ0v) is 16.1. The maximum atomic E-state index is 14.4. The molecule has 0 amide bonds. The second kappa shape index (κ2) is 6.97. The highest BCUT2D eigenvalue weighted by Gasteiger charge is 2.33. The van der Waals surface area contributed by atoms with Crippen molar-refractivity contribution in [2.45, 2.75) is 52.1 Å². The van der Waals surface area contributed by atoms with Crippen LogP contribution in [0.2, 0.25) is 0 Å². The minimum absolute atomic E-state index is 0.178. The Kier molecular flexibility index (Phi) is 5.00. The number of ether oxygens (including phenoxy) is 1. The van der Waals surface area contributed by atoms with Crippen LogP contribution in [0.1, 0.15) is 48.4 Å². The summed E-state index contributed by atoms with van der Waals surface area (Å²) in [6.07, 6.45) is 0.971. The minimum atomic E-state index is -0.978. The molecular weight excluding hydrogens is 347 g/mol. The molecule has 0 saturated heterocycles. The van der Waals surface area contributed by atoms with E-state index in [0.29, 0.717) is 24.2 Å². The van der Waals surface area contributed by atoms with Crippen molar-refractivity contribution in [3.05, 3.63) is 52.3 Å². The third-order valence-electron chi connectivity index (χ3n) is 5.00. The van der Waals surface area contributed by atoms with E-state index in [2.05, 4.69) is 0 Å². The fourth-order valence-corrected chi connectivity index (χ4v) is 3.89. The summed E-state index contributed by atoms with van der Waals surface area (Å²) in [4.78, 5) is 11.5. The fraction of sp³-hybridized carbons (Fsp3) is 0.409. The molecule has 1 aliphatic rings. The zero-order valence-electron chi connectivity index (χ0n) is 16.1. The molecule has 0 bridgehead atoms. The van der Waals surface area contributed by atoms with Crippen LogP contribution in [0.15, 0.2) is 24.3 Å². The first-order chi connectivity index (χ1) is 12.6. The van der Waals surface area contributed by atoms with Crippen LogP contribution < -0.4 is 4.74 Å². The highest BCUT2D eigenvalue weighted by molar-refractivity contribution is 5.82. The molecule has 0 radical (unpaired) electrons. The molecule has 0 saturated carbocycles. The number of carboxylic acids is 1. The first-order valence-electron chi connectivity index (χ1n) is 9.09. The molecule has 0 spiro atoms. The molecule has 0 fully saturated rings. The van der Waals surface area contributed by atoms with Gasteiger partial charge in [0, 0.05) is 5.56 Å². The van der Waals surface area contributed by atoms with Gasteiger partial charge in [-0.1, -0.05) is 6.07 Å². The molecular formula is C22H25FO4. The molecule has 2 aromatic rings. The molecule has 0 aromatic heterocycles. The molecule has 4 nitrogen and oxygen atoms in total. The first-order valence-corrected chi connectivity index (χ1v) is 9.09. The van der Waals surface area contributed by atoms with Crippen LogP contribution in [-0.2, 0) is 11.2 Å². The lowest BCUT2D eigenvalue weighted by Crippen LogP contribution is -2.27. The Morgan fingerprint density at radius 1 is 1.26 bits per heavy atom. The molecule has 0 aliphatic heterocycles. The number of aryl methyl sites for hydroxylation is 2. The van der Waals surface area contributed by atoms with Crippen molar-refractivity contribution >= 4 is 5.97 Å². The lowest BCUT2D eigenvalue weighted by molar-refractivity contribution is -0.138. The highest BCUT2D eigenvalue weighted by Crippen LogP contribution is 2.43. The number of aliphatic hydroxyl groups is 1. The minimum Gasteiger partial charge on any atom is -0.491 e. The predicted octanol–water partition coefficient (Wildman–Crippen LogP) is 4.37. The summed E-state index contributed by atoms with van der Waals surface area (Å²) in [5.41, 5.74) is 3.98. The van der Waals surface area contributed by atoms with Crippen molar-refractivity contribution in [3.63, 3.8) is 0 Å². The van der Waals surface area contributed by atoms with E-state index in [-0.39, 0.29) is 6.61 Å². The molecule has 2 aromatic carbocycles. The lowest BCUT2D eigenvalue weighted by Gasteiger charge is -2.20. The van der Waals surface area contributed by atoms with E-state index >= 15 is 0 Å².